The molecule has 1 aromatic rings. The SMILES string of the molecule is C#CCOC1=CC=C(n2c(=O)[nH]n(C)c2=O)C=CC1. The third-order valence-electron chi connectivity index (χ3n) is 2.59. The molecule has 19 heavy (non-hydrogen) atoms. The van der Waals surface area contributed by atoms with Crippen molar-refractivity contribution in [1.29, 1.82) is 0 Å². The summed E-state index contributed by atoms with van der Waals surface area (Å²) in [5.41, 5.74) is -0.432. The molecule has 98 valence electrons. The first kappa shape index (κ1) is 12.8. The summed E-state index contributed by atoms with van der Waals surface area (Å²) in [6.45, 7) is 0.189. The second-order valence-electron chi connectivity index (χ2n) is 3.92. The summed E-state index contributed by atoms with van der Waals surface area (Å²) in [7, 11) is 1.48. The smallest absolute Gasteiger partial charge is 0.351 e. The fourth-order valence-corrected chi connectivity index (χ4v) is 1.69. The van der Waals surface area contributed by atoms with E-state index >= 15 is 0 Å². The lowest BCUT2D eigenvalue weighted by Gasteiger charge is -2.02. The molecule has 0 unspecified atom stereocenters. The third-order valence-corrected chi connectivity index (χ3v) is 2.59. The van der Waals surface area contributed by atoms with Crippen molar-refractivity contribution in [3.8, 4) is 12.3 Å². The van der Waals surface area contributed by atoms with Crippen molar-refractivity contribution >= 4 is 5.70 Å². The largest absolute Gasteiger partial charge is 0.485 e. The summed E-state index contributed by atoms with van der Waals surface area (Å²) in [5.74, 6) is 3.06. The van der Waals surface area contributed by atoms with Gasteiger partial charge in [-0.3, -0.25) is 0 Å². The Morgan fingerprint density at radius 3 is 2.89 bits per heavy atom. The van der Waals surface area contributed by atoms with Crippen LogP contribution in [0.25, 0.3) is 5.70 Å². The Morgan fingerprint density at radius 1 is 1.47 bits per heavy atom. The van der Waals surface area contributed by atoms with Crippen LogP contribution in [0, 0.1) is 12.3 Å². The molecule has 1 aliphatic carbocycles. The van der Waals surface area contributed by atoms with E-state index in [1.807, 2.05) is 0 Å². The molecule has 1 heterocycles. The van der Waals surface area contributed by atoms with Gasteiger partial charge in [-0.05, 0) is 18.2 Å². The van der Waals surface area contributed by atoms with E-state index in [-0.39, 0.29) is 6.61 Å². The van der Waals surface area contributed by atoms with E-state index < -0.39 is 11.4 Å². The first-order chi connectivity index (χ1) is 9.13. The third kappa shape index (κ3) is 2.60. The normalized spacial score (nSPS) is 14.3. The van der Waals surface area contributed by atoms with E-state index in [2.05, 4.69) is 11.0 Å². The molecule has 6 heteroatoms. The van der Waals surface area contributed by atoms with Crippen LogP contribution in [0.5, 0.6) is 0 Å². The number of H-pyrrole nitrogens is 1. The molecular formula is C13H13N3O3. The Labute approximate surface area is 109 Å². The molecule has 0 fully saturated rings. The monoisotopic (exact) mass is 259 g/mol. The van der Waals surface area contributed by atoms with E-state index in [0.29, 0.717) is 17.9 Å². The lowest BCUT2D eigenvalue weighted by Crippen LogP contribution is -2.26. The summed E-state index contributed by atoms with van der Waals surface area (Å²) in [6, 6.07) is 0. The second kappa shape index (κ2) is 5.31. The number of hydrogen-bond acceptors (Lipinski definition) is 3. The molecule has 1 aromatic heterocycles. The molecule has 0 amide bonds. The maximum atomic E-state index is 11.8. The number of nitrogens with zero attached hydrogens (tertiary/aromatic N) is 2. The fraction of sp³-hybridized carbons (Fsp3) is 0.231. The van der Waals surface area contributed by atoms with E-state index in [9.17, 15) is 9.59 Å². The summed E-state index contributed by atoms with van der Waals surface area (Å²) in [4.78, 5) is 23.5. The number of allylic oxidation sites excluding steroid dienone is 5. The van der Waals surface area contributed by atoms with Crippen LogP contribution in [0.15, 0.2) is 39.7 Å². The molecule has 0 radical (unpaired) electrons. The highest BCUT2D eigenvalue weighted by molar-refractivity contribution is 5.59. The summed E-state index contributed by atoms with van der Waals surface area (Å²) >= 11 is 0. The molecule has 0 spiro atoms. The summed E-state index contributed by atoms with van der Waals surface area (Å²) < 4.78 is 7.49. The summed E-state index contributed by atoms with van der Waals surface area (Å²) in [6.07, 6.45) is 12.5. The van der Waals surface area contributed by atoms with Crippen LogP contribution in [-0.2, 0) is 11.8 Å². The molecule has 1 aliphatic rings. The number of rotatable bonds is 3. The minimum Gasteiger partial charge on any atom is -0.485 e. The molecule has 0 saturated heterocycles. The zero-order chi connectivity index (χ0) is 13.8. The van der Waals surface area contributed by atoms with Gasteiger partial charge in [0.2, 0.25) is 0 Å². The molecule has 0 bridgehead atoms. The van der Waals surface area contributed by atoms with Gasteiger partial charge in [0, 0.05) is 13.5 Å². The predicted molar refractivity (Wildman–Crippen MR) is 71.2 cm³/mol. The van der Waals surface area contributed by atoms with Crippen LogP contribution in [0.2, 0.25) is 0 Å². The van der Waals surface area contributed by atoms with Crippen LogP contribution >= 0.6 is 0 Å². The van der Waals surface area contributed by atoms with Crippen LogP contribution in [0.1, 0.15) is 6.42 Å². The molecule has 2 rings (SSSR count). The molecule has 0 aliphatic heterocycles. The van der Waals surface area contributed by atoms with Gasteiger partial charge in [-0.1, -0.05) is 12.0 Å². The number of hydrogen-bond donors (Lipinski definition) is 1. The highest BCUT2D eigenvalue weighted by Crippen LogP contribution is 2.13. The second-order valence-corrected chi connectivity index (χ2v) is 3.92. The van der Waals surface area contributed by atoms with Gasteiger partial charge < -0.3 is 4.74 Å². The van der Waals surface area contributed by atoms with Gasteiger partial charge in [0.15, 0.2) is 0 Å². The van der Waals surface area contributed by atoms with Crippen molar-refractivity contribution in [2.75, 3.05) is 6.61 Å². The zero-order valence-electron chi connectivity index (χ0n) is 10.4. The number of nitrogens with one attached hydrogen (secondary N) is 1. The Morgan fingerprint density at radius 2 is 2.26 bits per heavy atom. The van der Waals surface area contributed by atoms with E-state index in [4.69, 9.17) is 11.2 Å². The van der Waals surface area contributed by atoms with Gasteiger partial charge in [-0.2, -0.15) is 0 Å². The highest BCUT2D eigenvalue weighted by Gasteiger charge is 2.10. The van der Waals surface area contributed by atoms with Crippen molar-refractivity contribution < 1.29 is 4.74 Å². The van der Waals surface area contributed by atoms with E-state index in [1.165, 1.54) is 7.05 Å². The highest BCUT2D eigenvalue weighted by atomic mass is 16.5. The first-order valence-electron chi connectivity index (χ1n) is 5.65. The number of aromatic amines is 1. The molecule has 0 atom stereocenters. The van der Waals surface area contributed by atoms with Crippen LogP contribution < -0.4 is 11.4 Å². The van der Waals surface area contributed by atoms with Gasteiger partial charge in [0.05, 0.1) is 5.70 Å². The van der Waals surface area contributed by atoms with Gasteiger partial charge in [0.25, 0.3) is 0 Å². The minimum absolute atomic E-state index is 0.189. The van der Waals surface area contributed by atoms with Crippen LogP contribution in [0.4, 0.5) is 0 Å². The van der Waals surface area contributed by atoms with Crippen molar-refractivity contribution in [2.24, 2.45) is 7.05 Å². The summed E-state index contributed by atoms with van der Waals surface area (Å²) in [5, 5.41) is 2.40. The predicted octanol–water partition coefficient (Wildman–Crippen LogP) is 0.210. The van der Waals surface area contributed by atoms with Gasteiger partial charge in [0.1, 0.15) is 12.4 Å². The van der Waals surface area contributed by atoms with E-state index in [1.54, 1.807) is 24.3 Å². The topological polar surface area (TPSA) is 69.0 Å². The maximum Gasteiger partial charge on any atom is 0.351 e. The average Bonchev–Trinajstić information content (AvgIpc) is 2.59. The standard InChI is InChI=1S/C13H13N3O3/c1-3-9-19-11-6-4-5-10(7-8-11)16-12(17)14-15(2)13(16)18/h1,4-5,7-8H,6,9H2,2H3,(H,14,17). The molecule has 1 N–H and O–H groups in total. The number of aryl methyl sites for hydroxylation is 1. The van der Waals surface area contributed by atoms with Crippen LogP contribution in [0.3, 0.4) is 0 Å². The lowest BCUT2D eigenvalue weighted by molar-refractivity contribution is 0.248. The molecule has 6 nitrogen and oxygen atoms in total. The average molecular weight is 259 g/mol. The maximum absolute atomic E-state index is 11.8. The minimum atomic E-state index is -0.482. The Balaban J connectivity index is 2.39. The molecule has 0 aromatic carbocycles. The fourth-order valence-electron chi connectivity index (χ4n) is 1.69. The molecule has 0 saturated carbocycles. The van der Waals surface area contributed by atoms with Gasteiger partial charge >= 0.3 is 11.4 Å². The zero-order valence-corrected chi connectivity index (χ0v) is 10.4. The van der Waals surface area contributed by atoms with Crippen molar-refractivity contribution in [2.45, 2.75) is 6.42 Å². The Bertz CT molecular complexity index is 720. The molecular weight excluding hydrogens is 246 g/mol. The Hall–Kier alpha value is -2.68. The van der Waals surface area contributed by atoms with E-state index in [0.717, 1.165) is 9.25 Å². The quantitative estimate of drug-likeness (QED) is 0.789. The first-order valence-corrected chi connectivity index (χ1v) is 5.65. The number of terminal acetylenes is 1. The number of aromatic nitrogens is 3. The van der Waals surface area contributed by atoms with Gasteiger partial charge in [-0.25, -0.2) is 23.9 Å². The van der Waals surface area contributed by atoms with Gasteiger partial charge in [-0.15, -0.1) is 6.42 Å². The van der Waals surface area contributed by atoms with Crippen molar-refractivity contribution in [1.82, 2.24) is 14.3 Å². The number of ether oxygens (including phenoxy) is 1. The Kier molecular flexibility index (Phi) is 3.57. The lowest BCUT2D eigenvalue weighted by atomic mass is 10.3. The van der Waals surface area contributed by atoms with Crippen molar-refractivity contribution in [3.63, 3.8) is 0 Å². The van der Waals surface area contributed by atoms with Crippen LogP contribution in [-0.4, -0.2) is 21.0 Å². The van der Waals surface area contributed by atoms with Crippen molar-refractivity contribution in [3.05, 3.63) is 51.0 Å².